The number of hydrogen-bond donors (Lipinski definition) is 1. The number of benzene rings is 1. The van der Waals surface area contributed by atoms with Crippen LogP contribution in [0.1, 0.15) is 12.0 Å². The van der Waals surface area contributed by atoms with Gasteiger partial charge in [0.2, 0.25) is 10.0 Å². The van der Waals surface area contributed by atoms with Crippen molar-refractivity contribution in [1.29, 1.82) is 0 Å². The standard InChI is InChI=1S/C14H14F2N2O2S/c1-21(19,20)18-4-2-9(3-5-18)11-8-17-13-7-10(15)6-12(16)14(11)13/h2,6-8,17H,3-5H2,1H3. The predicted molar refractivity (Wildman–Crippen MR) is 77.2 cm³/mol. The summed E-state index contributed by atoms with van der Waals surface area (Å²) in [4.78, 5) is 2.86. The number of H-pyrrole nitrogens is 1. The van der Waals surface area contributed by atoms with Crippen molar-refractivity contribution >= 4 is 26.5 Å². The molecule has 0 atom stereocenters. The van der Waals surface area contributed by atoms with Gasteiger partial charge in [-0.2, -0.15) is 4.31 Å². The second-order valence-corrected chi connectivity index (χ2v) is 7.10. The highest BCUT2D eigenvalue weighted by Crippen LogP contribution is 2.31. The zero-order chi connectivity index (χ0) is 15.2. The minimum Gasteiger partial charge on any atom is -0.360 e. The Labute approximate surface area is 121 Å². The van der Waals surface area contributed by atoms with Crippen LogP contribution >= 0.6 is 0 Å². The molecule has 1 N–H and O–H groups in total. The second-order valence-electron chi connectivity index (χ2n) is 5.11. The summed E-state index contributed by atoms with van der Waals surface area (Å²) < 4.78 is 51.5. The first-order valence-electron chi connectivity index (χ1n) is 6.47. The molecule has 0 spiro atoms. The molecule has 0 saturated carbocycles. The number of nitrogens with one attached hydrogen (secondary N) is 1. The summed E-state index contributed by atoms with van der Waals surface area (Å²) in [5, 5.41) is 0.343. The largest absolute Gasteiger partial charge is 0.360 e. The van der Waals surface area contributed by atoms with E-state index in [0.29, 0.717) is 29.4 Å². The number of hydrogen-bond acceptors (Lipinski definition) is 2. The van der Waals surface area contributed by atoms with Gasteiger partial charge >= 0.3 is 0 Å². The molecule has 1 aliphatic rings. The molecular weight excluding hydrogens is 298 g/mol. The molecule has 4 nitrogen and oxygen atoms in total. The van der Waals surface area contributed by atoms with Crippen LogP contribution < -0.4 is 0 Å². The van der Waals surface area contributed by atoms with Crippen LogP contribution in [0.15, 0.2) is 24.4 Å². The van der Waals surface area contributed by atoms with E-state index in [-0.39, 0.29) is 6.54 Å². The minimum absolute atomic E-state index is 0.268. The summed E-state index contributed by atoms with van der Waals surface area (Å²) >= 11 is 0. The third-order valence-electron chi connectivity index (χ3n) is 3.68. The van der Waals surface area contributed by atoms with Gasteiger partial charge in [0.05, 0.1) is 11.8 Å². The molecule has 0 saturated heterocycles. The van der Waals surface area contributed by atoms with Crippen molar-refractivity contribution in [2.75, 3.05) is 19.3 Å². The molecule has 0 radical (unpaired) electrons. The highest BCUT2D eigenvalue weighted by atomic mass is 32.2. The first-order valence-corrected chi connectivity index (χ1v) is 8.32. The number of fused-ring (bicyclic) bond motifs is 1. The van der Waals surface area contributed by atoms with Crippen LogP contribution in [0, 0.1) is 11.6 Å². The lowest BCUT2D eigenvalue weighted by atomic mass is 9.99. The summed E-state index contributed by atoms with van der Waals surface area (Å²) in [6, 6.07) is 2.10. The Hall–Kier alpha value is -1.73. The van der Waals surface area contributed by atoms with Gasteiger partial charge in [-0.05, 0) is 18.1 Å². The van der Waals surface area contributed by atoms with E-state index >= 15 is 0 Å². The smallest absolute Gasteiger partial charge is 0.211 e. The van der Waals surface area contributed by atoms with Crippen LogP contribution in [0.2, 0.25) is 0 Å². The van der Waals surface area contributed by atoms with Crippen LogP contribution in [-0.2, 0) is 10.0 Å². The molecule has 21 heavy (non-hydrogen) atoms. The van der Waals surface area contributed by atoms with Crippen molar-refractivity contribution in [3.63, 3.8) is 0 Å². The van der Waals surface area contributed by atoms with E-state index < -0.39 is 21.7 Å². The summed E-state index contributed by atoms with van der Waals surface area (Å²) in [6.45, 7) is 0.629. The quantitative estimate of drug-likeness (QED) is 0.926. The molecule has 1 aromatic heterocycles. The maximum Gasteiger partial charge on any atom is 0.211 e. The van der Waals surface area contributed by atoms with Crippen molar-refractivity contribution < 1.29 is 17.2 Å². The van der Waals surface area contributed by atoms with E-state index in [4.69, 9.17) is 0 Å². The third kappa shape index (κ3) is 2.58. The fourth-order valence-electron chi connectivity index (χ4n) is 2.63. The molecule has 0 unspecified atom stereocenters. The van der Waals surface area contributed by atoms with Crippen LogP contribution in [0.3, 0.4) is 0 Å². The molecule has 0 fully saturated rings. The predicted octanol–water partition coefficient (Wildman–Crippen LogP) is 2.49. The average molecular weight is 312 g/mol. The highest BCUT2D eigenvalue weighted by Gasteiger charge is 2.22. The average Bonchev–Trinajstić information content (AvgIpc) is 2.81. The van der Waals surface area contributed by atoms with E-state index in [9.17, 15) is 17.2 Å². The maximum absolute atomic E-state index is 14.0. The van der Waals surface area contributed by atoms with Gasteiger partial charge in [0, 0.05) is 36.3 Å². The number of sulfonamides is 1. The Morgan fingerprint density at radius 2 is 2.05 bits per heavy atom. The van der Waals surface area contributed by atoms with Crippen molar-refractivity contribution in [3.05, 3.63) is 41.6 Å². The van der Waals surface area contributed by atoms with Crippen molar-refractivity contribution in [2.24, 2.45) is 0 Å². The van der Waals surface area contributed by atoms with Gasteiger partial charge in [0.15, 0.2) is 0 Å². The Balaban J connectivity index is 2.01. The molecule has 1 aliphatic heterocycles. The minimum atomic E-state index is -3.22. The second kappa shape index (κ2) is 4.92. The number of aromatic amines is 1. The van der Waals surface area contributed by atoms with Gasteiger partial charge < -0.3 is 4.98 Å². The first-order chi connectivity index (χ1) is 9.86. The highest BCUT2D eigenvalue weighted by molar-refractivity contribution is 7.88. The molecule has 1 aromatic carbocycles. The fraction of sp³-hybridized carbons (Fsp3) is 0.286. The zero-order valence-corrected chi connectivity index (χ0v) is 12.2. The van der Waals surface area contributed by atoms with E-state index in [1.54, 1.807) is 12.3 Å². The molecule has 7 heteroatoms. The monoisotopic (exact) mass is 312 g/mol. The Morgan fingerprint density at radius 3 is 2.67 bits per heavy atom. The third-order valence-corrected chi connectivity index (χ3v) is 4.95. The number of nitrogens with zero attached hydrogens (tertiary/aromatic N) is 1. The van der Waals surface area contributed by atoms with Crippen molar-refractivity contribution in [2.45, 2.75) is 6.42 Å². The molecular formula is C14H14F2N2O2S. The van der Waals surface area contributed by atoms with Crippen LogP contribution in [0.25, 0.3) is 16.5 Å². The topological polar surface area (TPSA) is 53.2 Å². The van der Waals surface area contributed by atoms with Gasteiger partial charge in [0.1, 0.15) is 11.6 Å². The molecule has 2 heterocycles. The van der Waals surface area contributed by atoms with Crippen LogP contribution in [0.5, 0.6) is 0 Å². The van der Waals surface area contributed by atoms with Crippen LogP contribution in [-0.4, -0.2) is 37.1 Å². The molecule has 3 rings (SSSR count). The lowest BCUT2D eigenvalue weighted by Crippen LogP contribution is -2.33. The van der Waals surface area contributed by atoms with Crippen molar-refractivity contribution in [1.82, 2.24) is 9.29 Å². The van der Waals surface area contributed by atoms with Gasteiger partial charge in [-0.15, -0.1) is 0 Å². The van der Waals surface area contributed by atoms with E-state index in [1.807, 2.05) is 0 Å². The Bertz CT molecular complexity index is 840. The van der Waals surface area contributed by atoms with E-state index in [0.717, 1.165) is 11.6 Å². The normalized spacial score (nSPS) is 17.2. The van der Waals surface area contributed by atoms with Crippen LogP contribution in [0.4, 0.5) is 8.78 Å². The van der Waals surface area contributed by atoms with E-state index in [1.165, 1.54) is 16.6 Å². The fourth-order valence-corrected chi connectivity index (χ4v) is 3.40. The molecule has 112 valence electrons. The lowest BCUT2D eigenvalue weighted by Gasteiger charge is -2.24. The summed E-state index contributed by atoms with van der Waals surface area (Å²) in [5.74, 6) is -1.25. The van der Waals surface area contributed by atoms with Gasteiger partial charge in [0.25, 0.3) is 0 Å². The van der Waals surface area contributed by atoms with Gasteiger partial charge in [-0.25, -0.2) is 17.2 Å². The first kappa shape index (κ1) is 14.2. The summed E-state index contributed by atoms with van der Waals surface area (Å²) in [6.07, 6.45) is 5.07. The lowest BCUT2D eigenvalue weighted by molar-refractivity contribution is 0.446. The zero-order valence-electron chi connectivity index (χ0n) is 11.4. The van der Waals surface area contributed by atoms with Crippen molar-refractivity contribution in [3.8, 4) is 0 Å². The SMILES string of the molecule is CS(=O)(=O)N1CC=C(c2c[nH]c3cc(F)cc(F)c23)CC1. The summed E-state index contributed by atoms with van der Waals surface area (Å²) in [5.41, 5.74) is 1.93. The maximum atomic E-state index is 14.0. The number of rotatable bonds is 2. The molecule has 0 amide bonds. The van der Waals surface area contributed by atoms with Gasteiger partial charge in [-0.3, -0.25) is 0 Å². The van der Waals surface area contributed by atoms with E-state index in [2.05, 4.69) is 4.98 Å². The molecule has 2 aromatic rings. The Morgan fingerprint density at radius 1 is 1.29 bits per heavy atom. The molecule has 0 aliphatic carbocycles. The number of aromatic nitrogens is 1. The molecule has 0 bridgehead atoms. The summed E-state index contributed by atoms with van der Waals surface area (Å²) in [7, 11) is -3.22. The number of halogens is 2. The van der Waals surface area contributed by atoms with Gasteiger partial charge in [-0.1, -0.05) is 6.08 Å². The Kier molecular flexibility index (Phi) is 3.33.